The number of ketones is 1. The maximum Gasteiger partial charge on any atom is 0.435 e. The van der Waals surface area contributed by atoms with Gasteiger partial charge in [-0.15, -0.1) is 0 Å². The number of nitrogens with two attached hydrogens (primary N) is 1. The molecule has 12 heteroatoms. The Morgan fingerprint density at radius 3 is 2.55 bits per heavy atom. The van der Waals surface area contributed by atoms with Crippen LogP contribution in [0, 0.1) is 5.41 Å². The summed E-state index contributed by atoms with van der Waals surface area (Å²) >= 11 is 0. The Hall–Kier alpha value is -4.19. The summed E-state index contributed by atoms with van der Waals surface area (Å²) in [5.74, 6) is -1.07. The Bertz CT molecular complexity index is 1480. The lowest BCUT2D eigenvalue weighted by molar-refractivity contribution is -0.141. The predicted octanol–water partition coefficient (Wildman–Crippen LogP) is 4.64. The second-order valence-corrected chi connectivity index (χ2v) is 10.8. The molecule has 0 fully saturated rings. The van der Waals surface area contributed by atoms with Crippen LogP contribution in [-0.4, -0.2) is 59.9 Å². The molecule has 212 valence electrons. The average Bonchev–Trinajstić information content (AvgIpc) is 3.23. The number of nitrogens with one attached hydrogen (secondary N) is 1. The van der Waals surface area contributed by atoms with Gasteiger partial charge in [0.2, 0.25) is 0 Å². The number of carbonyl (C=O) groups excluding carboxylic acids is 3. The maximum absolute atomic E-state index is 13.9. The third-order valence-electron chi connectivity index (χ3n) is 6.54. The van der Waals surface area contributed by atoms with Crippen molar-refractivity contribution in [2.45, 2.75) is 32.9 Å². The zero-order valence-electron chi connectivity index (χ0n) is 22.6. The molecule has 1 aliphatic rings. The van der Waals surface area contributed by atoms with Gasteiger partial charge < -0.3 is 20.7 Å². The van der Waals surface area contributed by atoms with Crippen LogP contribution in [0.4, 0.5) is 24.5 Å². The Labute approximate surface area is 229 Å². The SMILES string of the molecule is CN(C)CCOc1cc(Nc2cc(-n3nc(C(F)(F)F)c4c3CC(C)(C)CC4=O)ccc2C(N)=O)ccc1C=O. The van der Waals surface area contributed by atoms with Crippen molar-refractivity contribution >= 4 is 29.4 Å². The molecule has 1 heterocycles. The van der Waals surface area contributed by atoms with Crippen molar-refractivity contribution in [3.8, 4) is 11.4 Å². The summed E-state index contributed by atoms with van der Waals surface area (Å²) in [6.45, 7) is 4.54. The van der Waals surface area contributed by atoms with E-state index in [0.29, 0.717) is 36.4 Å². The van der Waals surface area contributed by atoms with E-state index in [1.165, 1.54) is 18.2 Å². The summed E-state index contributed by atoms with van der Waals surface area (Å²) in [5, 5.41) is 6.88. The van der Waals surface area contributed by atoms with Crippen LogP contribution in [0.25, 0.3) is 5.69 Å². The molecule has 0 saturated carbocycles. The number of amides is 1. The third-order valence-corrected chi connectivity index (χ3v) is 6.54. The molecule has 1 aromatic heterocycles. The normalized spacial score (nSPS) is 14.7. The number of fused-ring (bicyclic) bond motifs is 1. The zero-order valence-corrected chi connectivity index (χ0v) is 22.6. The highest BCUT2D eigenvalue weighted by atomic mass is 19.4. The van der Waals surface area contributed by atoms with Gasteiger partial charge in [0, 0.05) is 24.7 Å². The number of rotatable bonds is 9. The molecule has 3 N–H and O–H groups in total. The van der Waals surface area contributed by atoms with E-state index in [4.69, 9.17) is 10.5 Å². The minimum atomic E-state index is -4.83. The van der Waals surface area contributed by atoms with Gasteiger partial charge in [0.15, 0.2) is 17.8 Å². The lowest BCUT2D eigenvalue weighted by Crippen LogP contribution is -2.29. The van der Waals surface area contributed by atoms with E-state index >= 15 is 0 Å². The van der Waals surface area contributed by atoms with Crippen LogP contribution in [0.3, 0.4) is 0 Å². The Balaban J connectivity index is 1.79. The number of nitrogens with zero attached hydrogens (tertiary/aromatic N) is 3. The molecule has 0 spiro atoms. The van der Waals surface area contributed by atoms with Gasteiger partial charge in [-0.25, -0.2) is 4.68 Å². The quantitative estimate of drug-likeness (QED) is 0.368. The van der Waals surface area contributed by atoms with Crippen molar-refractivity contribution in [2.24, 2.45) is 11.1 Å². The summed E-state index contributed by atoms with van der Waals surface area (Å²) in [7, 11) is 3.76. The van der Waals surface area contributed by atoms with E-state index in [1.807, 2.05) is 32.8 Å². The number of carbonyl (C=O) groups is 3. The predicted molar refractivity (Wildman–Crippen MR) is 143 cm³/mol. The first-order chi connectivity index (χ1) is 18.7. The van der Waals surface area contributed by atoms with Crippen LogP contribution in [0.5, 0.6) is 5.75 Å². The molecule has 4 rings (SSSR count). The number of aldehydes is 1. The minimum Gasteiger partial charge on any atom is -0.491 e. The van der Waals surface area contributed by atoms with E-state index in [1.54, 1.807) is 18.2 Å². The molecule has 0 saturated heterocycles. The van der Waals surface area contributed by atoms with E-state index in [0.717, 1.165) is 4.68 Å². The number of likely N-dealkylation sites (N-methyl/N-ethyl adjacent to an activating group) is 1. The van der Waals surface area contributed by atoms with Crippen LogP contribution < -0.4 is 15.8 Å². The lowest BCUT2D eigenvalue weighted by atomic mass is 9.75. The molecule has 0 radical (unpaired) electrons. The van der Waals surface area contributed by atoms with E-state index in [9.17, 15) is 27.6 Å². The van der Waals surface area contributed by atoms with Gasteiger partial charge in [-0.1, -0.05) is 13.8 Å². The van der Waals surface area contributed by atoms with Crippen molar-refractivity contribution in [3.63, 3.8) is 0 Å². The minimum absolute atomic E-state index is 0.0298. The van der Waals surface area contributed by atoms with Gasteiger partial charge in [-0.2, -0.15) is 18.3 Å². The van der Waals surface area contributed by atoms with Crippen LogP contribution in [0.2, 0.25) is 0 Å². The van der Waals surface area contributed by atoms with E-state index in [-0.39, 0.29) is 35.5 Å². The smallest absolute Gasteiger partial charge is 0.435 e. The van der Waals surface area contributed by atoms with Crippen molar-refractivity contribution < 1.29 is 32.3 Å². The molecule has 0 aliphatic heterocycles. The van der Waals surface area contributed by atoms with Crippen molar-refractivity contribution in [2.75, 3.05) is 32.6 Å². The van der Waals surface area contributed by atoms with Crippen LogP contribution in [-0.2, 0) is 12.6 Å². The number of primary amides is 1. The van der Waals surface area contributed by atoms with Gasteiger partial charge in [0.1, 0.15) is 12.4 Å². The standard InChI is InChI=1S/C28H30F3N5O4/c1-27(2)13-21-24(22(38)14-27)25(28(29,30)31)34-36(21)18-7-8-19(26(32)39)20(12-18)33-17-6-5-16(15-37)23(11-17)40-10-9-35(3)4/h5-8,11-12,15,33H,9-10,13-14H2,1-4H3,(H2,32,39). The largest absolute Gasteiger partial charge is 0.491 e. The number of hydrogen-bond acceptors (Lipinski definition) is 7. The number of anilines is 2. The fourth-order valence-electron chi connectivity index (χ4n) is 4.67. The zero-order chi connectivity index (χ0) is 29.4. The van der Waals surface area contributed by atoms with E-state index in [2.05, 4.69) is 10.4 Å². The number of ether oxygens (including phenoxy) is 1. The van der Waals surface area contributed by atoms with Gasteiger partial charge in [-0.05, 0) is 56.3 Å². The van der Waals surface area contributed by atoms with Gasteiger partial charge >= 0.3 is 6.18 Å². The fourth-order valence-corrected chi connectivity index (χ4v) is 4.67. The summed E-state index contributed by atoms with van der Waals surface area (Å²) < 4.78 is 48.6. The summed E-state index contributed by atoms with van der Waals surface area (Å²) in [5.41, 5.74) is 4.75. The molecular formula is C28H30F3N5O4. The highest BCUT2D eigenvalue weighted by molar-refractivity contribution is 6.01. The second kappa shape index (κ2) is 10.8. The molecule has 1 aliphatic carbocycles. The van der Waals surface area contributed by atoms with Crippen LogP contribution >= 0.6 is 0 Å². The summed E-state index contributed by atoms with van der Waals surface area (Å²) in [4.78, 5) is 38.4. The number of Topliss-reactive ketones (excluding diaryl/α,β-unsaturated/α-hetero) is 1. The highest BCUT2D eigenvalue weighted by Crippen LogP contribution is 2.42. The second-order valence-electron chi connectivity index (χ2n) is 10.8. The summed E-state index contributed by atoms with van der Waals surface area (Å²) in [6.07, 6.45) is -4.01. The molecule has 2 aromatic carbocycles. The molecule has 0 bridgehead atoms. The number of hydrogen-bond donors (Lipinski definition) is 2. The Morgan fingerprint density at radius 2 is 1.93 bits per heavy atom. The first-order valence-corrected chi connectivity index (χ1v) is 12.5. The monoisotopic (exact) mass is 557 g/mol. The Morgan fingerprint density at radius 1 is 1.20 bits per heavy atom. The molecule has 40 heavy (non-hydrogen) atoms. The highest BCUT2D eigenvalue weighted by Gasteiger charge is 2.45. The lowest BCUT2D eigenvalue weighted by Gasteiger charge is -2.29. The Kier molecular flexibility index (Phi) is 7.75. The number of aromatic nitrogens is 2. The number of benzene rings is 2. The van der Waals surface area contributed by atoms with Gasteiger partial charge in [-0.3, -0.25) is 14.4 Å². The van der Waals surface area contributed by atoms with Crippen molar-refractivity contribution in [1.29, 1.82) is 0 Å². The topological polar surface area (TPSA) is 120 Å². The maximum atomic E-state index is 13.9. The molecular weight excluding hydrogens is 527 g/mol. The first kappa shape index (κ1) is 28.8. The number of halogens is 3. The average molecular weight is 558 g/mol. The summed E-state index contributed by atoms with van der Waals surface area (Å²) in [6, 6.07) is 8.97. The van der Waals surface area contributed by atoms with Gasteiger partial charge in [0.05, 0.1) is 33.8 Å². The van der Waals surface area contributed by atoms with Crippen LogP contribution in [0.1, 0.15) is 62.7 Å². The molecule has 0 unspecified atom stereocenters. The third kappa shape index (κ3) is 6.01. The molecule has 0 atom stereocenters. The van der Waals surface area contributed by atoms with Crippen molar-refractivity contribution in [1.82, 2.24) is 14.7 Å². The van der Waals surface area contributed by atoms with Gasteiger partial charge in [0.25, 0.3) is 5.91 Å². The fraction of sp³-hybridized carbons (Fsp3) is 0.357. The molecule has 9 nitrogen and oxygen atoms in total. The van der Waals surface area contributed by atoms with Crippen molar-refractivity contribution in [3.05, 3.63) is 64.5 Å². The number of alkyl halides is 3. The van der Waals surface area contributed by atoms with E-state index < -0.39 is 34.5 Å². The molecule has 3 aromatic rings. The first-order valence-electron chi connectivity index (χ1n) is 12.5. The molecule has 1 amide bonds. The van der Waals surface area contributed by atoms with Crippen LogP contribution in [0.15, 0.2) is 36.4 Å².